The Morgan fingerprint density at radius 2 is 1.73 bits per heavy atom. The van der Waals surface area contributed by atoms with Crippen molar-refractivity contribution in [3.63, 3.8) is 0 Å². The number of aryl methyl sites for hydroxylation is 2. The SMILES string of the molecule is CCC(CC)C(=O)N1CCC(NC(=O)c2ccc3c(c2)CCCC3)CC1. The molecule has 0 unspecified atom stereocenters. The molecule has 2 aliphatic rings. The van der Waals surface area contributed by atoms with Crippen LogP contribution in [0.15, 0.2) is 18.2 Å². The maximum Gasteiger partial charge on any atom is 0.251 e. The Balaban J connectivity index is 1.53. The third-order valence-corrected chi connectivity index (χ3v) is 6.09. The average Bonchev–Trinajstić information content (AvgIpc) is 2.69. The Hall–Kier alpha value is -1.84. The Bertz CT molecular complexity index is 644. The van der Waals surface area contributed by atoms with Gasteiger partial charge < -0.3 is 10.2 Å². The summed E-state index contributed by atoms with van der Waals surface area (Å²) in [7, 11) is 0. The number of amides is 2. The summed E-state index contributed by atoms with van der Waals surface area (Å²) in [5, 5.41) is 3.18. The summed E-state index contributed by atoms with van der Waals surface area (Å²) in [6.45, 7) is 5.67. The van der Waals surface area contributed by atoms with Crippen molar-refractivity contribution in [1.82, 2.24) is 10.2 Å². The molecule has 1 aromatic rings. The first kappa shape index (κ1) is 18.9. The third kappa shape index (κ3) is 4.28. The number of nitrogens with one attached hydrogen (secondary N) is 1. The van der Waals surface area contributed by atoms with Crippen molar-refractivity contribution in [3.05, 3.63) is 34.9 Å². The van der Waals surface area contributed by atoms with Gasteiger partial charge in [-0.05, 0) is 74.6 Å². The minimum atomic E-state index is 0.0307. The molecule has 1 aliphatic carbocycles. The second-order valence-electron chi connectivity index (χ2n) is 7.78. The van der Waals surface area contributed by atoms with Gasteiger partial charge >= 0.3 is 0 Å². The lowest BCUT2D eigenvalue weighted by Crippen LogP contribution is -2.48. The summed E-state index contributed by atoms with van der Waals surface area (Å²) < 4.78 is 0. The predicted octanol–water partition coefficient (Wildman–Crippen LogP) is 3.72. The van der Waals surface area contributed by atoms with Crippen molar-refractivity contribution in [3.8, 4) is 0 Å². The molecule has 3 rings (SSSR count). The topological polar surface area (TPSA) is 49.4 Å². The Kier molecular flexibility index (Phi) is 6.33. The van der Waals surface area contributed by atoms with Gasteiger partial charge in [0.1, 0.15) is 0 Å². The summed E-state index contributed by atoms with van der Waals surface area (Å²) in [6, 6.07) is 6.34. The summed E-state index contributed by atoms with van der Waals surface area (Å²) in [5.74, 6) is 0.467. The van der Waals surface area contributed by atoms with E-state index in [9.17, 15) is 9.59 Å². The average molecular weight is 357 g/mol. The normalized spacial score (nSPS) is 17.9. The molecule has 1 aromatic carbocycles. The van der Waals surface area contributed by atoms with Gasteiger partial charge in [0, 0.05) is 30.6 Å². The van der Waals surface area contributed by atoms with E-state index in [4.69, 9.17) is 0 Å². The monoisotopic (exact) mass is 356 g/mol. The molecule has 2 amide bonds. The number of carbonyl (C=O) groups excluding carboxylic acids is 2. The molecule has 1 fully saturated rings. The number of carbonyl (C=O) groups is 2. The van der Waals surface area contributed by atoms with E-state index in [0.29, 0.717) is 0 Å². The molecule has 4 nitrogen and oxygen atoms in total. The van der Waals surface area contributed by atoms with E-state index < -0.39 is 0 Å². The van der Waals surface area contributed by atoms with E-state index in [1.54, 1.807) is 0 Å². The van der Waals surface area contributed by atoms with Crippen LogP contribution in [-0.4, -0.2) is 35.8 Å². The van der Waals surface area contributed by atoms with Crippen LogP contribution in [0.1, 0.15) is 73.9 Å². The van der Waals surface area contributed by atoms with Crippen molar-refractivity contribution >= 4 is 11.8 Å². The molecule has 0 aromatic heterocycles. The molecule has 1 saturated heterocycles. The van der Waals surface area contributed by atoms with Crippen LogP contribution in [-0.2, 0) is 17.6 Å². The predicted molar refractivity (Wildman–Crippen MR) is 104 cm³/mol. The number of benzene rings is 1. The van der Waals surface area contributed by atoms with Gasteiger partial charge in [-0.2, -0.15) is 0 Å². The van der Waals surface area contributed by atoms with Crippen LogP contribution >= 0.6 is 0 Å². The highest BCUT2D eigenvalue weighted by atomic mass is 16.2. The highest BCUT2D eigenvalue weighted by Gasteiger charge is 2.27. The molecule has 0 spiro atoms. The number of hydrogen-bond acceptors (Lipinski definition) is 2. The minimum absolute atomic E-state index is 0.0307. The van der Waals surface area contributed by atoms with E-state index in [0.717, 1.165) is 57.2 Å². The zero-order chi connectivity index (χ0) is 18.5. The fourth-order valence-corrected chi connectivity index (χ4v) is 4.28. The zero-order valence-corrected chi connectivity index (χ0v) is 16.2. The summed E-state index contributed by atoms with van der Waals surface area (Å²) in [4.78, 5) is 27.1. The Morgan fingerprint density at radius 3 is 2.38 bits per heavy atom. The summed E-state index contributed by atoms with van der Waals surface area (Å²) in [5.41, 5.74) is 3.52. The molecule has 142 valence electrons. The molecule has 0 bridgehead atoms. The van der Waals surface area contributed by atoms with Crippen LogP contribution in [0.2, 0.25) is 0 Å². The van der Waals surface area contributed by atoms with Gasteiger partial charge in [-0.15, -0.1) is 0 Å². The smallest absolute Gasteiger partial charge is 0.251 e. The van der Waals surface area contributed by atoms with Crippen LogP contribution < -0.4 is 5.32 Å². The minimum Gasteiger partial charge on any atom is -0.349 e. The van der Waals surface area contributed by atoms with Gasteiger partial charge in [0.2, 0.25) is 5.91 Å². The highest BCUT2D eigenvalue weighted by molar-refractivity contribution is 5.94. The van der Waals surface area contributed by atoms with E-state index in [1.165, 1.54) is 24.0 Å². The quantitative estimate of drug-likeness (QED) is 0.874. The van der Waals surface area contributed by atoms with Crippen molar-refractivity contribution in [2.45, 2.75) is 71.3 Å². The molecule has 0 atom stereocenters. The highest BCUT2D eigenvalue weighted by Crippen LogP contribution is 2.23. The standard InChI is InChI=1S/C22H32N2O2/c1-3-16(4-2)22(26)24-13-11-20(12-14-24)23-21(25)19-10-9-17-7-5-6-8-18(17)15-19/h9-10,15-16,20H,3-8,11-14H2,1-2H3,(H,23,25). The Labute approximate surface area is 157 Å². The van der Waals surface area contributed by atoms with Crippen LogP contribution in [0.4, 0.5) is 0 Å². The molecule has 26 heavy (non-hydrogen) atoms. The number of hydrogen-bond donors (Lipinski definition) is 1. The fourth-order valence-electron chi connectivity index (χ4n) is 4.28. The van der Waals surface area contributed by atoms with E-state index >= 15 is 0 Å². The van der Waals surface area contributed by atoms with Gasteiger partial charge in [0.05, 0.1) is 0 Å². The lowest BCUT2D eigenvalue weighted by atomic mass is 9.90. The van der Waals surface area contributed by atoms with Gasteiger partial charge in [-0.1, -0.05) is 19.9 Å². The number of rotatable bonds is 5. The second-order valence-corrected chi connectivity index (χ2v) is 7.78. The zero-order valence-electron chi connectivity index (χ0n) is 16.2. The van der Waals surface area contributed by atoms with Crippen LogP contribution in [0.3, 0.4) is 0 Å². The maximum absolute atomic E-state index is 12.6. The molecule has 1 N–H and O–H groups in total. The van der Waals surface area contributed by atoms with Gasteiger partial charge in [0.25, 0.3) is 5.91 Å². The molecule has 1 heterocycles. The number of piperidine rings is 1. The summed E-state index contributed by atoms with van der Waals surface area (Å²) >= 11 is 0. The van der Waals surface area contributed by atoms with Crippen molar-refractivity contribution in [1.29, 1.82) is 0 Å². The van der Waals surface area contributed by atoms with Crippen LogP contribution in [0, 0.1) is 5.92 Å². The van der Waals surface area contributed by atoms with Crippen molar-refractivity contribution < 1.29 is 9.59 Å². The number of nitrogens with zero attached hydrogens (tertiary/aromatic N) is 1. The molecule has 0 saturated carbocycles. The maximum atomic E-state index is 12.6. The van der Waals surface area contributed by atoms with E-state index in [1.807, 2.05) is 11.0 Å². The number of fused-ring (bicyclic) bond motifs is 1. The third-order valence-electron chi connectivity index (χ3n) is 6.09. The molecular formula is C22H32N2O2. The van der Waals surface area contributed by atoms with Gasteiger partial charge in [-0.25, -0.2) is 0 Å². The molecule has 4 heteroatoms. The first-order valence-corrected chi connectivity index (χ1v) is 10.3. The van der Waals surface area contributed by atoms with E-state index in [-0.39, 0.29) is 23.8 Å². The van der Waals surface area contributed by atoms with Crippen molar-refractivity contribution in [2.75, 3.05) is 13.1 Å². The lowest BCUT2D eigenvalue weighted by Gasteiger charge is -2.34. The van der Waals surface area contributed by atoms with Crippen molar-refractivity contribution in [2.24, 2.45) is 5.92 Å². The van der Waals surface area contributed by atoms with Crippen LogP contribution in [0.25, 0.3) is 0 Å². The van der Waals surface area contributed by atoms with Gasteiger partial charge in [-0.3, -0.25) is 9.59 Å². The largest absolute Gasteiger partial charge is 0.349 e. The molecular weight excluding hydrogens is 324 g/mol. The van der Waals surface area contributed by atoms with Gasteiger partial charge in [0.15, 0.2) is 0 Å². The molecule has 0 radical (unpaired) electrons. The first-order chi connectivity index (χ1) is 12.6. The lowest BCUT2D eigenvalue weighted by molar-refractivity contribution is -0.136. The second kappa shape index (κ2) is 8.70. The first-order valence-electron chi connectivity index (χ1n) is 10.3. The Morgan fingerprint density at radius 1 is 1.08 bits per heavy atom. The van der Waals surface area contributed by atoms with E-state index in [2.05, 4.69) is 31.3 Å². The summed E-state index contributed by atoms with van der Waals surface area (Å²) in [6.07, 6.45) is 8.22. The van der Waals surface area contributed by atoms with Crippen LogP contribution in [0.5, 0.6) is 0 Å². The number of likely N-dealkylation sites (tertiary alicyclic amines) is 1. The fraction of sp³-hybridized carbons (Fsp3) is 0.636. The molecule has 1 aliphatic heterocycles.